The number of fused-ring (bicyclic) bond motifs is 1. The lowest BCUT2D eigenvalue weighted by atomic mass is 9.90. The van der Waals surface area contributed by atoms with E-state index in [1.165, 1.54) is 17.1 Å². The number of carboxylic acid groups (broad SMARTS) is 1. The SMILES string of the molecule is Cn1ncc2c(=O)n(CC3(O)CCN(C(=O)[C@H](N)Cc4ccccc4)CC3)cnc21.O=C(O)C(F)(F)F. The summed E-state index contributed by atoms with van der Waals surface area (Å²) in [4.78, 5) is 40.3. The smallest absolute Gasteiger partial charge is 0.475 e. The molecule has 200 valence electrons. The van der Waals surface area contributed by atoms with Crippen LogP contribution in [0, 0.1) is 0 Å². The van der Waals surface area contributed by atoms with E-state index in [0.29, 0.717) is 43.4 Å². The van der Waals surface area contributed by atoms with Crippen molar-refractivity contribution >= 4 is 22.9 Å². The molecule has 1 amide bonds. The van der Waals surface area contributed by atoms with Crippen LogP contribution in [0.4, 0.5) is 13.2 Å². The molecule has 0 spiro atoms. The van der Waals surface area contributed by atoms with Crippen molar-refractivity contribution in [2.24, 2.45) is 12.8 Å². The number of amides is 1. The van der Waals surface area contributed by atoms with Gasteiger partial charge in [-0.2, -0.15) is 18.3 Å². The van der Waals surface area contributed by atoms with Gasteiger partial charge in [-0.1, -0.05) is 30.3 Å². The van der Waals surface area contributed by atoms with Gasteiger partial charge in [0.25, 0.3) is 5.56 Å². The van der Waals surface area contributed by atoms with E-state index in [2.05, 4.69) is 10.1 Å². The Morgan fingerprint density at radius 3 is 2.35 bits per heavy atom. The van der Waals surface area contributed by atoms with Crippen LogP contribution in [0.2, 0.25) is 0 Å². The lowest BCUT2D eigenvalue weighted by molar-refractivity contribution is -0.192. The highest BCUT2D eigenvalue weighted by Crippen LogP contribution is 2.24. The fourth-order valence-electron chi connectivity index (χ4n) is 3.99. The Morgan fingerprint density at radius 2 is 1.78 bits per heavy atom. The van der Waals surface area contributed by atoms with E-state index in [0.717, 1.165) is 5.56 Å². The van der Waals surface area contributed by atoms with Crippen LogP contribution in [-0.2, 0) is 29.6 Å². The van der Waals surface area contributed by atoms with Crippen molar-refractivity contribution in [1.82, 2.24) is 24.2 Å². The fraction of sp³-hybridized carbons (Fsp3) is 0.435. The number of aryl methyl sites for hydroxylation is 1. The minimum Gasteiger partial charge on any atom is -0.475 e. The number of benzene rings is 1. The van der Waals surface area contributed by atoms with Crippen LogP contribution in [0.3, 0.4) is 0 Å². The maximum atomic E-state index is 12.7. The van der Waals surface area contributed by atoms with E-state index in [-0.39, 0.29) is 18.0 Å². The van der Waals surface area contributed by atoms with Gasteiger partial charge in [0.15, 0.2) is 5.65 Å². The second kappa shape index (κ2) is 11.1. The van der Waals surface area contributed by atoms with E-state index in [9.17, 15) is 27.9 Å². The largest absolute Gasteiger partial charge is 0.490 e. The van der Waals surface area contributed by atoms with Crippen molar-refractivity contribution in [3.8, 4) is 0 Å². The number of alkyl halides is 3. The molecule has 0 unspecified atom stereocenters. The van der Waals surface area contributed by atoms with E-state index in [4.69, 9.17) is 15.6 Å². The minimum atomic E-state index is -5.08. The van der Waals surface area contributed by atoms with E-state index in [1.54, 1.807) is 16.6 Å². The van der Waals surface area contributed by atoms with E-state index >= 15 is 0 Å². The Kier molecular flexibility index (Phi) is 8.33. The molecule has 4 rings (SSSR count). The van der Waals surface area contributed by atoms with Gasteiger partial charge in [0.2, 0.25) is 5.91 Å². The number of carbonyl (C=O) groups is 2. The molecule has 4 N–H and O–H groups in total. The average molecular weight is 525 g/mol. The van der Waals surface area contributed by atoms with Crippen molar-refractivity contribution in [3.63, 3.8) is 0 Å². The van der Waals surface area contributed by atoms with Gasteiger partial charge in [0.05, 0.1) is 24.4 Å². The van der Waals surface area contributed by atoms with Crippen LogP contribution in [0.15, 0.2) is 47.7 Å². The number of nitrogens with two attached hydrogens (primary N) is 1. The molecule has 1 aromatic carbocycles. The van der Waals surface area contributed by atoms with Crippen LogP contribution >= 0.6 is 0 Å². The predicted molar refractivity (Wildman–Crippen MR) is 125 cm³/mol. The van der Waals surface area contributed by atoms with Crippen LogP contribution in [-0.4, -0.2) is 77.2 Å². The summed E-state index contributed by atoms with van der Waals surface area (Å²) in [7, 11) is 1.72. The maximum Gasteiger partial charge on any atom is 0.490 e. The summed E-state index contributed by atoms with van der Waals surface area (Å²) in [6.45, 7) is 0.923. The zero-order valence-electron chi connectivity index (χ0n) is 19.9. The lowest BCUT2D eigenvalue weighted by Crippen LogP contribution is -2.53. The first-order chi connectivity index (χ1) is 17.3. The second-order valence-corrected chi connectivity index (χ2v) is 8.83. The molecular formula is C23H27F3N6O5. The first-order valence-electron chi connectivity index (χ1n) is 11.3. The third kappa shape index (κ3) is 6.92. The number of halogens is 3. The number of aliphatic carboxylic acids is 1. The maximum absolute atomic E-state index is 12.7. The quantitative estimate of drug-likeness (QED) is 0.440. The number of likely N-dealkylation sites (tertiary alicyclic amines) is 1. The van der Waals surface area contributed by atoms with Gasteiger partial charge < -0.3 is 20.8 Å². The van der Waals surface area contributed by atoms with Crippen molar-refractivity contribution in [1.29, 1.82) is 0 Å². The standard InChI is InChI=1S/C21H26N6O3.C2HF3O2/c1-25-18-16(12-24-25)19(28)27(14-23-18)13-21(30)7-9-26(10-8-21)20(29)17(22)11-15-5-3-2-4-6-15;3-2(4,5)1(6)7/h2-6,12,14,17,30H,7-11,13,22H2,1H3;(H,6,7)/t17-;/m1./s1. The Balaban J connectivity index is 0.000000479. The van der Waals surface area contributed by atoms with Gasteiger partial charge in [-0.25, -0.2) is 9.78 Å². The zero-order valence-corrected chi connectivity index (χ0v) is 19.9. The van der Waals surface area contributed by atoms with Crippen molar-refractivity contribution in [3.05, 3.63) is 58.8 Å². The normalized spacial score (nSPS) is 16.1. The summed E-state index contributed by atoms with van der Waals surface area (Å²) in [5, 5.41) is 22.6. The molecule has 1 fully saturated rings. The van der Waals surface area contributed by atoms with Gasteiger partial charge in [0, 0.05) is 20.1 Å². The molecule has 1 aliphatic rings. The van der Waals surface area contributed by atoms with Gasteiger partial charge in [-0.3, -0.25) is 18.8 Å². The number of aromatic nitrogens is 4. The van der Waals surface area contributed by atoms with Gasteiger partial charge in [-0.05, 0) is 24.8 Å². The molecule has 3 aromatic rings. The highest BCUT2D eigenvalue weighted by Gasteiger charge is 2.38. The number of hydrogen-bond donors (Lipinski definition) is 3. The van der Waals surface area contributed by atoms with Crippen molar-refractivity contribution in [2.45, 2.75) is 43.6 Å². The highest BCUT2D eigenvalue weighted by molar-refractivity contribution is 5.82. The average Bonchev–Trinajstić information content (AvgIpc) is 3.22. The molecule has 0 bridgehead atoms. The molecule has 0 saturated carbocycles. The van der Waals surface area contributed by atoms with Gasteiger partial charge >= 0.3 is 12.1 Å². The zero-order chi connectivity index (χ0) is 27.4. The first-order valence-corrected chi connectivity index (χ1v) is 11.3. The van der Waals surface area contributed by atoms with Crippen LogP contribution in [0.5, 0.6) is 0 Å². The topological polar surface area (TPSA) is 157 Å². The number of piperidine rings is 1. The van der Waals surface area contributed by atoms with Crippen LogP contribution < -0.4 is 11.3 Å². The summed E-state index contributed by atoms with van der Waals surface area (Å²) in [5.41, 5.74) is 6.35. The number of aliphatic hydroxyl groups is 1. The monoisotopic (exact) mass is 524 g/mol. The molecule has 1 atom stereocenters. The van der Waals surface area contributed by atoms with Gasteiger partial charge in [0.1, 0.15) is 11.7 Å². The fourth-order valence-corrected chi connectivity index (χ4v) is 3.99. The van der Waals surface area contributed by atoms with Gasteiger partial charge in [-0.15, -0.1) is 0 Å². The van der Waals surface area contributed by atoms with E-state index in [1.807, 2.05) is 30.3 Å². The molecule has 2 aromatic heterocycles. The highest BCUT2D eigenvalue weighted by atomic mass is 19.4. The molecular weight excluding hydrogens is 497 g/mol. The van der Waals surface area contributed by atoms with E-state index < -0.39 is 23.8 Å². The summed E-state index contributed by atoms with van der Waals surface area (Å²) in [5.74, 6) is -2.87. The Labute approximate surface area is 208 Å². The molecule has 14 heteroatoms. The number of hydrogen-bond acceptors (Lipinski definition) is 7. The first kappa shape index (κ1) is 27.8. The number of carboxylic acids is 1. The van der Waals surface area contributed by atoms with Crippen LogP contribution in [0.1, 0.15) is 18.4 Å². The number of nitrogens with zero attached hydrogens (tertiary/aromatic N) is 5. The summed E-state index contributed by atoms with van der Waals surface area (Å²) < 4.78 is 34.7. The second-order valence-electron chi connectivity index (χ2n) is 8.83. The molecule has 0 aliphatic carbocycles. The predicted octanol–water partition coefficient (Wildman–Crippen LogP) is 0.687. The molecule has 3 heterocycles. The summed E-state index contributed by atoms with van der Waals surface area (Å²) in [6.07, 6.45) is -0.937. The Morgan fingerprint density at radius 1 is 1.19 bits per heavy atom. The molecule has 11 nitrogen and oxygen atoms in total. The molecule has 0 radical (unpaired) electrons. The minimum absolute atomic E-state index is 0.114. The summed E-state index contributed by atoms with van der Waals surface area (Å²) in [6, 6.07) is 9.06. The summed E-state index contributed by atoms with van der Waals surface area (Å²) >= 11 is 0. The third-order valence-electron chi connectivity index (χ3n) is 6.05. The molecule has 37 heavy (non-hydrogen) atoms. The molecule has 1 aliphatic heterocycles. The Hall–Kier alpha value is -3.78. The Bertz CT molecular complexity index is 1300. The van der Waals surface area contributed by atoms with Crippen molar-refractivity contribution in [2.75, 3.05) is 13.1 Å². The number of carbonyl (C=O) groups excluding carboxylic acids is 1. The third-order valence-corrected chi connectivity index (χ3v) is 6.05. The van der Waals surface area contributed by atoms with Crippen molar-refractivity contribution < 1.29 is 33.0 Å². The molecule has 1 saturated heterocycles. The number of rotatable bonds is 5. The van der Waals surface area contributed by atoms with Crippen LogP contribution in [0.25, 0.3) is 11.0 Å². The lowest BCUT2D eigenvalue weighted by Gasteiger charge is -2.39.